The Morgan fingerprint density at radius 2 is 2.31 bits per heavy atom. The first-order chi connectivity index (χ1) is 7.74. The van der Waals surface area contributed by atoms with E-state index in [0.717, 1.165) is 27.3 Å². The van der Waals surface area contributed by atoms with Gasteiger partial charge in [0.25, 0.3) is 0 Å². The summed E-state index contributed by atoms with van der Waals surface area (Å²) in [5.41, 5.74) is 1.98. The molecule has 3 nitrogen and oxygen atoms in total. The van der Waals surface area contributed by atoms with Crippen molar-refractivity contribution >= 4 is 27.5 Å². The molecule has 0 unspecified atom stereocenters. The van der Waals surface area contributed by atoms with Gasteiger partial charge < -0.3 is 9.72 Å². The van der Waals surface area contributed by atoms with Crippen molar-refractivity contribution in [1.29, 1.82) is 0 Å². The molecule has 1 aromatic carbocycles. The van der Waals surface area contributed by atoms with Crippen LogP contribution in [0.3, 0.4) is 0 Å². The molecule has 0 radical (unpaired) electrons. The molecule has 0 aliphatic carbocycles. The van der Waals surface area contributed by atoms with E-state index in [1.165, 1.54) is 0 Å². The third kappa shape index (κ3) is 2.23. The molecule has 16 heavy (non-hydrogen) atoms. The molecule has 0 fully saturated rings. The number of benzene rings is 1. The lowest BCUT2D eigenvalue weighted by atomic mass is 10.2. The van der Waals surface area contributed by atoms with E-state index in [9.17, 15) is 0 Å². The van der Waals surface area contributed by atoms with E-state index in [4.69, 9.17) is 16.3 Å². The fourth-order valence-corrected chi connectivity index (χ4v) is 2.09. The van der Waals surface area contributed by atoms with E-state index in [-0.39, 0.29) is 0 Å². The van der Waals surface area contributed by atoms with Crippen molar-refractivity contribution in [1.82, 2.24) is 9.97 Å². The number of methoxy groups -OCH3 is 1. The first-order valence-electron chi connectivity index (χ1n) is 4.68. The number of H-pyrrole nitrogens is 1. The summed E-state index contributed by atoms with van der Waals surface area (Å²) in [6.07, 6.45) is 1.77. The normalized spacial score (nSPS) is 10.4. The maximum Gasteiger partial charge on any atom is 0.133 e. The van der Waals surface area contributed by atoms with Crippen LogP contribution in [0.15, 0.2) is 28.9 Å². The fourth-order valence-electron chi connectivity index (χ4n) is 1.41. The minimum absolute atomic E-state index is 0.386. The number of aromatic nitrogens is 2. The molecule has 0 aliphatic heterocycles. The Bertz CT molecular complexity index is 498. The van der Waals surface area contributed by atoms with Crippen LogP contribution in [0.1, 0.15) is 5.82 Å². The summed E-state index contributed by atoms with van der Waals surface area (Å²) in [6.45, 7) is 0. The molecule has 2 rings (SSSR count). The van der Waals surface area contributed by atoms with E-state index in [0.29, 0.717) is 5.88 Å². The van der Waals surface area contributed by atoms with Gasteiger partial charge in [-0.25, -0.2) is 4.98 Å². The highest BCUT2D eigenvalue weighted by atomic mass is 79.9. The number of ether oxygens (including phenoxy) is 1. The van der Waals surface area contributed by atoms with Crippen LogP contribution in [0.25, 0.3) is 11.3 Å². The lowest BCUT2D eigenvalue weighted by Gasteiger charge is -2.04. The number of alkyl halides is 1. The van der Waals surface area contributed by atoms with Gasteiger partial charge in [-0.05, 0) is 34.1 Å². The molecule has 5 heteroatoms. The van der Waals surface area contributed by atoms with Gasteiger partial charge in [-0.2, -0.15) is 0 Å². The van der Waals surface area contributed by atoms with E-state index in [1.54, 1.807) is 13.3 Å². The molecule has 0 saturated carbocycles. The zero-order chi connectivity index (χ0) is 11.5. The summed E-state index contributed by atoms with van der Waals surface area (Å²) in [5, 5.41) is 0. The van der Waals surface area contributed by atoms with Gasteiger partial charge in [0.1, 0.15) is 11.6 Å². The van der Waals surface area contributed by atoms with Crippen molar-refractivity contribution in [2.75, 3.05) is 7.11 Å². The van der Waals surface area contributed by atoms with Gasteiger partial charge in [0, 0.05) is 5.56 Å². The zero-order valence-corrected chi connectivity index (χ0v) is 11.0. The van der Waals surface area contributed by atoms with Crippen LogP contribution in [0.4, 0.5) is 0 Å². The third-order valence-corrected chi connectivity index (χ3v) is 3.09. The summed E-state index contributed by atoms with van der Waals surface area (Å²) < 4.78 is 6.08. The monoisotopic (exact) mass is 300 g/mol. The summed E-state index contributed by atoms with van der Waals surface area (Å²) in [4.78, 5) is 7.29. The standard InChI is InChI=1S/C11H10BrClN2O/c1-16-10-3-2-7(4-8(10)12)9-6-14-11(5-13)15-9/h2-4,6H,5H2,1H3,(H,14,15). The number of halogens is 2. The van der Waals surface area contributed by atoms with Crippen molar-refractivity contribution in [3.8, 4) is 17.0 Å². The second kappa shape index (κ2) is 4.89. The first-order valence-corrected chi connectivity index (χ1v) is 6.01. The second-order valence-corrected chi connectivity index (χ2v) is 4.35. The molecule has 0 amide bonds. The topological polar surface area (TPSA) is 37.9 Å². The van der Waals surface area contributed by atoms with Crippen molar-refractivity contribution in [2.45, 2.75) is 5.88 Å². The molecule has 0 atom stereocenters. The van der Waals surface area contributed by atoms with Crippen LogP contribution in [0.2, 0.25) is 0 Å². The molecule has 0 aliphatic rings. The number of nitrogens with one attached hydrogen (secondary N) is 1. The highest BCUT2D eigenvalue weighted by Gasteiger charge is 2.05. The molecule has 0 spiro atoms. The first kappa shape index (κ1) is 11.5. The number of rotatable bonds is 3. The lowest BCUT2D eigenvalue weighted by Crippen LogP contribution is -1.85. The van der Waals surface area contributed by atoms with Crippen LogP contribution in [0.5, 0.6) is 5.75 Å². The molecular weight excluding hydrogens is 291 g/mol. The largest absolute Gasteiger partial charge is 0.496 e. The van der Waals surface area contributed by atoms with Crippen LogP contribution < -0.4 is 4.74 Å². The van der Waals surface area contributed by atoms with E-state index < -0.39 is 0 Å². The lowest BCUT2D eigenvalue weighted by molar-refractivity contribution is 0.412. The predicted octanol–water partition coefficient (Wildman–Crippen LogP) is 3.59. The van der Waals surface area contributed by atoms with Crippen LogP contribution >= 0.6 is 27.5 Å². The molecule has 0 saturated heterocycles. The molecular formula is C11H10BrClN2O. The summed E-state index contributed by atoms with van der Waals surface area (Å²) in [5.74, 6) is 1.96. The molecule has 1 aromatic heterocycles. The van der Waals surface area contributed by atoms with Gasteiger partial charge >= 0.3 is 0 Å². The Morgan fingerprint density at radius 1 is 1.50 bits per heavy atom. The van der Waals surface area contributed by atoms with Gasteiger partial charge in [0.15, 0.2) is 0 Å². The Hall–Kier alpha value is -1.00. The SMILES string of the molecule is COc1ccc(-c2cnc(CCl)[nH]2)cc1Br. The van der Waals surface area contributed by atoms with E-state index in [1.807, 2.05) is 18.2 Å². The zero-order valence-electron chi connectivity index (χ0n) is 8.63. The van der Waals surface area contributed by atoms with Crippen molar-refractivity contribution in [2.24, 2.45) is 0 Å². The van der Waals surface area contributed by atoms with Crippen LogP contribution in [-0.4, -0.2) is 17.1 Å². The number of imidazole rings is 1. The average molecular weight is 302 g/mol. The molecule has 84 valence electrons. The number of hydrogen-bond donors (Lipinski definition) is 1. The molecule has 1 N–H and O–H groups in total. The Kier molecular flexibility index (Phi) is 3.51. The molecule has 1 heterocycles. The van der Waals surface area contributed by atoms with Gasteiger partial charge in [0.2, 0.25) is 0 Å². The maximum atomic E-state index is 5.68. The van der Waals surface area contributed by atoms with Crippen LogP contribution in [0, 0.1) is 0 Å². The van der Waals surface area contributed by atoms with Crippen LogP contribution in [-0.2, 0) is 5.88 Å². The summed E-state index contributed by atoms with van der Waals surface area (Å²) in [6, 6.07) is 5.85. The second-order valence-electron chi connectivity index (χ2n) is 3.23. The number of aromatic amines is 1. The molecule has 2 aromatic rings. The third-order valence-electron chi connectivity index (χ3n) is 2.22. The van der Waals surface area contributed by atoms with Crippen molar-refractivity contribution in [3.05, 3.63) is 34.7 Å². The minimum atomic E-state index is 0.386. The van der Waals surface area contributed by atoms with E-state index in [2.05, 4.69) is 25.9 Å². The predicted molar refractivity (Wildman–Crippen MR) is 67.8 cm³/mol. The smallest absolute Gasteiger partial charge is 0.133 e. The van der Waals surface area contributed by atoms with E-state index >= 15 is 0 Å². The summed E-state index contributed by atoms with van der Waals surface area (Å²) >= 11 is 9.13. The summed E-state index contributed by atoms with van der Waals surface area (Å²) in [7, 11) is 1.64. The van der Waals surface area contributed by atoms with Gasteiger partial charge in [0.05, 0.1) is 29.4 Å². The number of hydrogen-bond acceptors (Lipinski definition) is 2. The number of nitrogens with zero attached hydrogens (tertiary/aromatic N) is 1. The van der Waals surface area contributed by atoms with Gasteiger partial charge in [-0.1, -0.05) is 0 Å². The quantitative estimate of drug-likeness (QED) is 0.880. The van der Waals surface area contributed by atoms with Gasteiger partial charge in [-0.15, -0.1) is 11.6 Å². The van der Waals surface area contributed by atoms with Gasteiger partial charge in [-0.3, -0.25) is 0 Å². The van der Waals surface area contributed by atoms with Crippen molar-refractivity contribution < 1.29 is 4.74 Å². The highest BCUT2D eigenvalue weighted by Crippen LogP contribution is 2.29. The maximum absolute atomic E-state index is 5.68. The minimum Gasteiger partial charge on any atom is -0.496 e. The Balaban J connectivity index is 2.37. The molecule has 0 bridgehead atoms. The Labute approximate surface area is 107 Å². The van der Waals surface area contributed by atoms with Crippen molar-refractivity contribution in [3.63, 3.8) is 0 Å². The average Bonchev–Trinajstić information content (AvgIpc) is 2.77. The Morgan fingerprint density at radius 3 is 2.88 bits per heavy atom. The fraction of sp³-hybridized carbons (Fsp3) is 0.182. The highest BCUT2D eigenvalue weighted by molar-refractivity contribution is 9.10.